The van der Waals surface area contributed by atoms with E-state index in [1.54, 1.807) is 0 Å². The van der Waals surface area contributed by atoms with Crippen LogP contribution in [0.3, 0.4) is 0 Å². The predicted molar refractivity (Wildman–Crippen MR) is 103 cm³/mol. The van der Waals surface area contributed by atoms with Crippen LogP contribution in [-0.4, -0.2) is 46.3 Å². The third-order valence-electron chi connectivity index (χ3n) is 4.61. The molecule has 25 heavy (non-hydrogen) atoms. The Labute approximate surface area is 153 Å². The van der Waals surface area contributed by atoms with E-state index in [-0.39, 0.29) is 5.91 Å². The highest BCUT2D eigenvalue weighted by molar-refractivity contribution is 8.15. The zero-order valence-corrected chi connectivity index (χ0v) is 15.6. The van der Waals surface area contributed by atoms with Crippen LogP contribution in [-0.2, 0) is 4.79 Å². The van der Waals surface area contributed by atoms with Crippen molar-refractivity contribution in [2.45, 2.75) is 32.3 Å². The van der Waals surface area contributed by atoms with Gasteiger partial charge in [0, 0.05) is 19.6 Å². The van der Waals surface area contributed by atoms with Crippen LogP contribution in [0.4, 0.5) is 0 Å². The third-order valence-corrected chi connectivity index (χ3v) is 5.64. The second-order valence-corrected chi connectivity index (χ2v) is 7.78. The van der Waals surface area contributed by atoms with Crippen LogP contribution in [0.25, 0.3) is 0 Å². The number of hydrogen-bond donors (Lipinski definition) is 2. The number of nitrogens with one attached hydrogen (secondary N) is 1. The maximum absolute atomic E-state index is 11.2. The SMILES string of the molecule is CC(C)c1ccc(C(O)CN2CC=C(C3=NNC(=O)CS3)CC2)cc1. The topological polar surface area (TPSA) is 64.9 Å². The first-order valence-electron chi connectivity index (χ1n) is 8.72. The van der Waals surface area contributed by atoms with Crippen LogP contribution in [0, 0.1) is 0 Å². The number of aliphatic hydroxyl groups is 1. The summed E-state index contributed by atoms with van der Waals surface area (Å²) in [6.07, 6.45) is 2.57. The van der Waals surface area contributed by atoms with Gasteiger partial charge in [0.25, 0.3) is 5.91 Å². The Morgan fingerprint density at radius 1 is 1.28 bits per heavy atom. The zero-order valence-electron chi connectivity index (χ0n) is 14.7. The molecule has 6 heteroatoms. The van der Waals surface area contributed by atoms with E-state index in [2.05, 4.69) is 47.5 Å². The Morgan fingerprint density at radius 2 is 2.00 bits per heavy atom. The van der Waals surface area contributed by atoms with Gasteiger partial charge in [0.15, 0.2) is 0 Å². The molecule has 134 valence electrons. The van der Waals surface area contributed by atoms with Gasteiger partial charge in [0.1, 0.15) is 5.04 Å². The van der Waals surface area contributed by atoms with Crippen molar-refractivity contribution in [1.82, 2.24) is 10.3 Å². The lowest BCUT2D eigenvalue weighted by molar-refractivity contribution is -0.118. The first kappa shape index (κ1) is 18.2. The summed E-state index contributed by atoms with van der Waals surface area (Å²) in [6.45, 7) is 6.65. The highest BCUT2D eigenvalue weighted by Gasteiger charge is 2.21. The van der Waals surface area contributed by atoms with E-state index < -0.39 is 6.10 Å². The molecule has 1 aromatic rings. The number of hydrazone groups is 1. The number of nitrogens with zero attached hydrogens (tertiary/aromatic N) is 2. The number of carbonyl (C=O) groups excluding carboxylic acids is 1. The van der Waals surface area contributed by atoms with Gasteiger partial charge in [-0.25, -0.2) is 5.43 Å². The van der Waals surface area contributed by atoms with E-state index in [4.69, 9.17) is 0 Å². The van der Waals surface area contributed by atoms with Gasteiger partial charge < -0.3 is 5.11 Å². The summed E-state index contributed by atoms with van der Waals surface area (Å²) in [5.41, 5.74) is 5.99. The van der Waals surface area contributed by atoms with Gasteiger partial charge in [0.2, 0.25) is 0 Å². The highest BCUT2D eigenvalue weighted by atomic mass is 32.2. The lowest BCUT2D eigenvalue weighted by Gasteiger charge is -2.29. The quantitative estimate of drug-likeness (QED) is 0.848. The van der Waals surface area contributed by atoms with Gasteiger partial charge in [-0.2, -0.15) is 5.10 Å². The number of hydrogen-bond acceptors (Lipinski definition) is 5. The predicted octanol–water partition coefficient (Wildman–Crippen LogP) is 2.65. The number of benzene rings is 1. The minimum Gasteiger partial charge on any atom is -0.387 e. The molecule has 2 heterocycles. The number of thioether (sulfide) groups is 1. The van der Waals surface area contributed by atoms with E-state index in [0.29, 0.717) is 18.2 Å². The standard InChI is InChI=1S/C19H25N3O2S/c1-13(2)14-3-5-15(6-4-14)17(23)11-22-9-7-16(8-10-22)19-21-20-18(24)12-25-19/h3-7,13,17,23H,8-12H2,1-2H3,(H,20,24). The Morgan fingerprint density at radius 3 is 2.56 bits per heavy atom. The molecule has 2 aliphatic heterocycles. The fourth-order valence-electron chi connectivity index (χ4n) is 3.00. The summed E-state index contributed by atoms with van der Waals surface area (Å²) in [6, 6.07) is 8.26. The lowest BCUT2D eigenvalue weighted by Crippen LogP contribution is -2.34. The highest BCUT2D eigenvalue weighted by Crippen LogP contribution is 2.24. The molecule has 0 spiro atoms. The van der Waals surface area contributed by atoms with Crippen LogP contribution < -0.4 is 5.43 Å². The number of aliphatic hydroxyl groups excluding tert-OH is 1. The number of rotatable bonds is 5. The third kappa shape index (κ3) is 4.71. The van der Waals surface area contributed by atoms with Crippen molar-refractivity contribution >= 4 is 22.7 Å². The Kier molecular flexibility index (Phi) is 5.93. The normalized spacial score (nSPS) is 20.1. The molecule has 1 atom stereocenters. The van der Waals surface area contributed by atoms with E-state index in [1.165, 1.54) is 22.9 Å². The van der Waals surface area contributed by atoms with Crippen molar-refractivity contribution in [3.05, 3.63) is 47.0 Å². The van der Waals surface area contributed by atoms with E-state index in [9.17, 15) is 9.90 Å². The second kappa shape index (κ2) is 8.17. The second-order valence-electron chi connectivity index (χ2n) is 6.82. The number of β-amino-alcohol motifs (C(OH)–C–C–N with tert-alkyl or cyclic N) is 1. The van der Waals surface area contributed by atoms with Gasteiger partial charge in [-0.1, -0.05) is 56.0 Å². The first-order valence-corrected chi connectivity index (χ1v) is 9.70. The smallest absolute Gasteiger partial charge is 0.250 e. The van der Waals surface area contributed by atoms with Crippen molar-refractivity contribution in [1.29, 1.82) is 0 Å². The summed E-state index contributed by atoms with van der Waals surface area (Å²) in [5.74, 6) is 0.894. The maximum atomic E-state index is 11.2. The van der Waals surface area contributed by atoms with Crippen molar-refractivity contribution < 1.29 is 9.90 Å². The molecule has 5 nitrogen and oxygen atoms in total. The fraction of sp³-hybridized carbons (Fsp3) is 0.474. The largest absolute Gasteiger partial charge is 0.387 e. The van der Waals surface area contributed by atoms with Gasteiger partial charge in [-0.15, -0.1) is 0 Å². The maximum Gasteiger partial charge on any atom is 0.250 e. The minimum atomic E-state index is -0.475. The van der Waals surface area contributed by atoms with Crippen LogP contribution in [0.15, 0.2) is 41.0 Å². The van der Waals surface area contributed by atoms with Gasteiger partial charge >= 0.3 is 0 Å². The molecule has 0 aromatic heterocycles. The molecule has 0 fully saturated rings. The van der Waals surface area contributed by atoms with Gasteiger partial charge in [-0.05, 0) is 29.0 Å². The van der Waals surface area contributed by atoms with Crippen molar-refractivity contribution in [3.63, 3.8) is 0 Å². The van der Waals surface area contributed by atoms with Gasteiger partial charge in [-0.3, -0.25) is 9.69 Å². The molecular formula is C19H25N3O2S. The van der Waals surface area contributed by atoms with E-state index in [0.717, 1.165) is 30.1 Å². The summed E-state index contributed by atoms with van der Waals surface area (Å²) in [7, 11) is 0. The summed E-state index contributed by atoms with van der Waals surface area (Å²) in [4.78, 5) is 13.4. The lowest BCUT2D eigenvalue weighted by atomic mass is 9.99. The molecule has 1 unspecified atom stereocenters. The molecule has 0 aliphatic carbocycles. The minimum absolute atomic E-state index is 0.0432. The molecule has 0 radical (unpaired) electrons. The Hall–Kier alpha value is -1.63. The molecule has 0 saturated heterocycles. The van der Waals surface area contributed by atoms with E-state index >= 15 is 0 Å². The van der Waals surface area contributed by atoms with Crippen LogP contribution in [0.1, 0.15) is 43.4 Å². The summed E-state index contributed by atoms with van der Waals surface area (Å²) >= 11 is 1.50. The zero-order chi connectivity index (χ0) is 17.8. The average Bonchev–Trinajstić information content (AvgIpc) is 2.63. The molecule has 2 N–H and O–H groups in total. The van der Waals surface area contributed by atoms with Crippen molar-refractivity contribution in [2.24, 2.45) is 5.10 Å². The molecule has 0 saturated carbocycles. The molecule has 3 rings (SSSR count). The fourth-order valence-corrected chi connectivity index (χ4v) is 3.81. The molecule has 0 bridgehead atoms. The van der Waals surface area contributed by atoms with E-state index in [1.807, 2.05) is 12.1 Å². The summed E-state index contributed by atoms with van der Waals surface area (Å²) < 4.78 is 0. The van der Waals surface area contributed by atoms with Crippen molar-refractivity contribution in [2.75, 3.05) is 25.4 Å². The van der Waals surface area contributed by atoms with Crippen LogP contribution >= 0.6 is 11.8 Å². The van der Waals surface area contributed by atoms with Gasteiger partial charge in [0.05, 0.1) is 11.9 Å². The molecule has 1 aromatic carbocycles. The average molecular weight is 359 g/mol. The van der Waals surface area contributed by atoms with Crippen molar-refractivity contribution in [3.8, 4) is 0 Å². The Bertz CT molecular complexity index is 682. The number of amides is 1. The summed E-state index contributed by atoms with van der Waals surface area (Å²) in [5, 5.41) is 15.6. The molecule has 2 aliphatic rings. The molecular weight excluding hydrogens is 334 g/mol. The monoisotopic (exact) mass is 359 g/mol. The molecule has 1 amide bonds. The van der Waals surface area contributed by atoms with Crippen LogP contribution in [0.2, 0.25) is 0 Å². The first-order chi connectivity index (χ1) is 12.0. The Balaban J connectivity index is 1.55. The number of carbonyl (C=O) groups is 1. The van der Waals surface area contributed by atoms with Crippen LogP contribution in [0.5, 0.6) is 0 Å².